The average Bonchev–Trinajstić information content (AvgIpc) is 2.47. The van der Waals surface area contributed by atoms with Gasteiger partial charge in [0.1, 0.15) is 17.3 Å². The Hall–Kier alpha value is -2.07. The second-order valence-electron chi connectivity index (χ2n) is 5.09. The van der Waals surface area contributed by atoms with E-state index in [4.69, 9.17) is 4.74 Å². The molecule has 21 heavy (non-hydrogen) atoms. The van der Waals surface area contributed by atoms with Crippen LogP contribution in [0, 0.1) is 5.82 Å². The van der Waals surface area contributed by atoms with E-state index in [9.17, 15) is 9.50 Å². The van der Waals surface area contributed by atoms with Crippen molar-refractivity contribution >= 4 is 0 Å². The summed E-state index contributed by atoms with van der Waals surface area (Å²) in [5.41, 5.74) is 1.76. The highest BCUT2D eigenvalue weighted by atomic mass is 19.1. The number of benzene rings is 2. The predicted molar refractivity (Wildman–Crippen MR) is 81.0 cm³/mol. The average molecular weight is 289 g/mol. The van der Waals surface area contributed by atoms with Crippen molar-refractivity contribution < 1.29 is 14.2 Å². The molecule has 0 saturated carbocycles. The lowest BCUT2D eigenvalue weighted by Crippen LogP contribution is -2.22. The van der Waals surface area contributed by atoms with E-state index in [-0.39, 0.29) is 17.8 Å². The van der Waals surface area contributed by atoms with Crippen molar-refractivity contribution in [2.45, 2.75) is 25.9 Å². The van der Waals surface area contributed by atoms with Crippen LogP contribution in [0.3, 0.4) is 0 Å². The molecule has 2 atom stereocenters. The molecule has 3 nitrogen and oxygen atoms in total. The van der Waals surface area contributed by atoms with E-state index in [1.54, 1.807) is 13.2 Å². The monoisotopic (exact) mass is 289 g/mol. The fraction of sp³-hybridized carbons (Fsp3) is 0.294. The zero-order valence-corrected chi connectivity index (χ0v) is 12.4. The standard InChI is InChI=1S/C17H20FNO2/c1-11(13-5-4-6-15(9-13)21-3)19-12(2)16-8-7-14(18)10-17(16)20/h4-12,19-20H,1-3H3/t11-,12?/m0/s1. The molecule has 0 fully saturated rings. The van der Waals surface area contributed by atoms with E-state index < -0.39 is 5.82 Å². The summed E-state index contributed by atoms with van der Waals surface area (Å²) < 4.78 is 18.2. The minimum atomic E-state index is -0.440. The second-order valence-corrected chi connectivity index (χ2v) is 5.09. The summed E-state index contributed by atoms with van der Waals surface area (Å²) in [7, 11) is 1.64. The molecule has 4 heteroatoms. The lowest BCUT2D eigenvalue weighted by molar-refractivity contribution is 0.411. The van der Waals surface area contributed by atoms with Crippen LogP contribution in [0.25, 0.3) is 0 Å². The van der Waals surface area contributed by atoms with E-state index in [2.05, 4.69) is 5.32 Å². The molecule has 0 aliphatic carbocycles. The molecule has 0 amide bonds. The van der Waals surface area contributed by atoms with Gasteiger partial charge in [-0.25, -0.2) is 4.39 Å². The minimum Gasteiger partial charge on any atom is -0.508 e. The lowest BCUT2D eigenvalue weighted by Gasteiger charge is -2.21. The number of phenols is 1. The molecule has 0 aliphatic rings. The van der Waals surface area contributed by atoms with Crippen molar-refractivity contribution in [1.29, 1.82) is 0 Å². The van der Waals surface area contributed by atoms with Crippen LogP contribution in [0.2, 0.25) is 0 Å². The van der Waals surface area contributed by atoms with Crippen LogP contribution in [0.15, 0.2) is 42.5 Å². The Morgan fingerprint density at radius 1 is 1.10 bits per heavy atom. The van der Waals surface area contributed by atoms with Gasteiger partial charge in [-0.15, -0.1) is 0 Å². The van der Waals surface area contributed by atoms with Gasteiger partial charge >= 0.3 is 0 Å². The Bertz CT molecular complexity index is 615. The number of phenolic OH excluding ortho intramolecular Hbond substituents is 1. The SMILES string of the molecule is COc1cccc([C@H](C)NC(C)c2ccc(F)cc2O)c1. The molecular formula is C17H20FNO2. The van der Waals surface area contributed by atoms with E-state index in [0.29, 0.717) is 5.56 Å². The molecule has 1 unspecified atom stereocenters. The highest BCUT2D eigenvalue weighted by Gasteiger charge is 2.15. The summed E-state index contributed by atoms with van der Waals surface area (Å²) in [5.74, 6) is 0.329. The van der Waals surface area contributed by atoms with E-state index >= 15 is 0 Å². The third-order valence-electron chi connectivity index (χ3n) is 3.55. The van der Waals surface area contributed by atoms with Gasteiger partial charge in [-0.05, 0) is 37.6 Å². The lowest BCUT2D eigenvalue weighted by atomic mass is 10.0. The Balaban J connectivity index is 2.12. The van der Waals surface area contributed by atoms with E-state index in [1.165, 1.54) is 6.07 Å². The number of methoxy groups -OCH3 is 1. The smallest absolute Gasteiger partial charge is 0.126 e. The number of hydrogen-bond acceptors (Lipinski definition) is 3. The molecule has 0 aliphatic heterocycles. The molecule has 0 saturated heterocycles. The molecule has 0 radical (unpaired) electrons. The first-order valence-corrected chi connectivity index (χ1v) is 6.89. The van der Waals surface area contributed by atoms with Crippen LogP contribution in [0.4, 0.5) is 4.39 Å². The maximum absolute atomic E-state index is 13.0. The molecule has 2 aromatic rings. The van der Waals surface area contributed by atoms with Gasteiger partial charge in [0.05, 0.1) is 7.11 Å². The molecule has 0 heterocycles. The van der Waals surface area contributed by atoms with Crippen LogP contribution in [0.5, 0.6) is 11.5 Å². The Kier molecular flexibility index (Phi) is 4.81. The second kappa shape index (κ2) is 6.59. The predicted octanol–water partition coefficient (Wildman–Crippen LogP) is 3.95. The van der Waals surface area contributed by atoms with Crippen LogP contribution < -0.4 is 10.1 Å². The minimum absolute atomic E-state index is 0.0344. The first-order valence-electron chi connectivity index (χ1n) is 6.89. The maximum Gasteiger partial charge on any atom is 0.126 e. The summed E-state index contributed by atoms with van der Waals surface area (Å²) >= 11 is 0. The summed E-state index contributed by atoms with van der Waals surface area (Å²) in [6.07, 6.45) is 0. The molecule has 112 valence electrons. The third-order valence-corrected chi connectivity index (χ3v) is 3.55. The van der Waals surface area contributed by atoms with Gasteiger partial charge in [-0.2, -0.15) is 0 Å². The molecule has 2 rings (SSSR count). The van der Waals surface area contributed by atoms with Crippen LogP contribution in [-0.2, 0) is 0 Å². The van der Waals surface area contributed by atoms with Crippen LogP contribution in [-0.4, -0.2) is 12.2 Å². The molecule has 0 bridgehead atoms. The van der Waals surface area contributed by atoms with Gasteiger partial charge in [-0.1, -0.05) is 18.2 Å². The Labute approximate surface area is 124 Å². The summed E-state index contributed by atoms with van der Waals surface area (Å²) in [5, 5.41) is 13.2. The van der Waals surface area contributed by atoms with Gasteiger partial charge < -0.3 is 15.2 Å². The van der Waals surface area contributed by atoms with Crippen molar-refractivity contribution in [3.05, 3.63) is 59.4 Å². The largest absolute Gasteiger partial charge is 0.508 e. The third kappa shape index (κ3) is 3.73. The van der Waals surface area contributed by atoms with Gasteiger partial charge in [0.25, 0.3) is 0 Å². The van der Waals surface area contributed by atoms with E-state index in [1.807, 2.05) is 38.1 Å². The number of aromatic hydroxyl groups is 1. The quantitative estimate of drug-likeness (QED) is 0.875. The maximum atomic E-state index is 13.0. The molecule has 0 spiro atoms. The first kappa shape index (κ1) is 15.3. The fourth-order valence-electron chi connectivity index (χ4n) is 2.35. The zero-order chi connectivity index (χ0) is 15.4. The zero-order valence-electron chi connectivity index (χ0n) is 12.4. The highest BCUT2D eigenvalue weighted by Crippen LogP contribution is 2.27. The molecule has 2 aromatic carbocycles. The van der Waals surface area contributed by atoms with Crippen molar-refractivity contribution in [2.24, 2.45) is 0 Å². The highest BCUT2D eigenvalue weighted by molar-refractivity contribution is 5.35. The first-order chi connectivity index (χ1) is 10.0. The number of nitrogens with one attached hydrogen (secondary N) is 1. The van der Waals surface area contributed by atoms with Crippen molar-refractivity contribution in [2.75, 3.05) is 7.11 Å². The Morgan fingerprint density at radius 2 is 1.86 bits per heavy atom. The number of halogens is 1. The summed E-state index contributed by atoms with van der Waals surface area (Å²) in [4.78, 5) is 0. The normalized spacial score (nSPS) is 13.7. The number of rotatable bonds is 5. The molecule has 2 N–H and O–H groups in total. The topological polar surface area (TPSA) is 41.5 Å². The van der Waals surface area contributed by atoms with Crippen molar-refractivity contribution in [3.8, 4) is 11.5 Å². The van der Waals surface area contributed by atoms with Crippen molar-refractivity contribution in [1.82, 2.24) is 5.32 Å². The molecule has 0 aromatic heterocycles. The van der Waals surface area contributed by atoms with Gasteiger partial charge in [0.15, 0.2) is 0 Å². The molecular weight excluding hydrogens is 269 g/mol. The van der Waals surface area contributed by atoms with Crippen molar-refractivity contribution in [3.63, 3.8) is 0 Å². The van der Waals surface area contributed by atoms with Gasteiger partial charge in [-0.3, -0.25) is 0 Å². The number of hydrogen-bond donors (Lipinski definition) is 2. The van der Waals surface area contributed by atoms with Crippen LogP contribution >= 0.6 is 0 Å². The van der Waals surface area contributed by atoms with Gasteiger partial charge in [0, 0.05) is 23.7 Å². The number of ether oxygens (including phenoxy) is 1. The van der Waals surface area contributed by atoms with E-state index in [0.717, 1.165) is 17.4 Å². The van der Waals surface area contributed by atoms with Crippen LogP contribution in [0.1, 0.15) is 37.1 Å². The van der Waals surface area contributed by atoms with Gasteiger partial charge in [0.2, 0.25) is 0 Å². The Morgan fingerprint density at radius 3 is 2.52 bits per heavy atom. The summed E-state index contributed by atoms with van der Waals surface area (Å²) in [6.45, 7) is 3.97. The fourth-order valence-corrected chi connectivity index (χ4v) is 2.35. The summed E-state index contributed by atoms with van der Waals surface area (Å²) in [6, 6.07) is 11.9.